The second-order valence-electron chi connectivity index (χ2n) is 5.30. The lowest BCUT2D eigenvalue weighted by atomic mass is 9.93. The Balaban J connectivity index is 2.25. The van der Waals surface area contributed by atoms with E-state index < -0.39 is 15.6 Å². The third-order valence-electron chi connectivity index (χ3n) is 3.60. The number of ether oxygens (including phenoxy) is 1. The number of rotatable bonds is 6. The molecule has 0 aromatic carbocycles. The van der Waals surface area contributed by atoms with Crippen LogP contribution in [0.1, 0.15) is 26.2 Å². The monoisotopic (exact) mass is 318 g/mol. The summed E-state index contributed by atoms with van der Waals surface area (Å²) in [6.45, 7) is 3.10. The number of nitrogens with zero attached hydrogens (tertiary/aromatic N) is 2. The van der Waals surface area contributed by atoms with Gasteiger partial charge in [-0.1, -0.05) is 6.92 Å². The van der Waals surface area contributed by atoms with Crippen LogP contribution in [0.3, 0.4) is 0 Å². The van der Waals surface area contributed by atoms with Gasteiger partial charge in [-0.15, -0.1) is 0 Å². The van der Waals surface area contributed by atoms with E-state index in [0.29, 0.717) is 32.6 Å². The molecule has 0 bridgehead atoms. The van der Waals surface area contributed by atoms with E-state index in [4.69, 9.17) is 10.5 Å². The number of anilines is 1. The minimum atomic E-state index is -3.83. The van der Waals surface area contributed by atoms with Crippen molar-refractivity contribution in [3.8, 4) is 0 Å². The zero-order valence-corrected chi connectivity index (χ0v) is 12.9. The Kier molecular flexibility index (Phi) is 4.87. The van der Waals surface area contributed by atoms with Crippen LogP contribution in [0.5, 0.6) is 0 Å². The number of aliphatic hydroxyl groups is 1. The number of sulfonamides is 1. The molecule has 0 aliphatic carbocycles. The van der Waals surface area contributed by atoms with Crippen molar-refractivity contribution in [2.45, 2.75) is 43.2 Å². The van der Waals surface area contributed by atoms with Crippen molar-refractivity contribution in [2.75, 3.05) is 25.6 Å². The SMILES string of the molecule is CCCn1cc(S(=O)(=O)NC2(CO)CCOCC2)c(N)n1. The summed E-state index contributed by atoms with van der Waals surface area (Å²) in [5.74, 6) is -0.0314. The van der Waals surface area contributed by atoms with Crippen molar-refractivity contribution >= 4 is 15.8 Å². The number of hydrogen-bond donors (Lipinski definition) is 3. The Bertz CT molecular complexity index is 578. The van der Waals surface area contributed by atoms with Crippen LogP contribution in [0, 0.1) is 0 Å². The number of aromatic nitrogens is 2. The molecule has 21 heavy (non-hydrogen) atoms. The molecule has 2 rings (SSSR count). The maximum absolute atomic E-state index is 12.5. The average molecular weight is 318 g/mol. The van der Waals surface area contributed by atoms with E-state index in [2.05, 4.69) is 9.82 Å². The fourth-order valence-corrected chi connectivity index (χ4v) is 3.89. The zero-order valence-electron chi connectivity index (χ0n) is 12.1. The molecule has 0 radical (unpaired) electrons. The van der Waals surface area contributed by atoms with Crippen LogP contribution >= 0.6 is 0 Å². The van der Waals surface area contributed by atoms with E-state index in [1.165, 1.54) is 10.9 Å². The third-order valence-corrected chi connectivity index (χ3v) is 5.20. The summed E-state index contributed by atoms with van der Waals surface area (Å²) >= 11 is 0. The Morgan fingerprint density at radius 3 is 2.76 bits per heavy atom. The first kappa shape index (κ1) is 16.2. The molecule has 0 unspecified atom stereocenters. The summed E-state index contributed by atoms with van der Waals surface area (Å²) < 4.78 is 34.3. The number of aryl methyl sites for hydroxylation is 1. The van der Waals surface area contributed by atoms with Crippen molar-refractivity contribution in [3.05, 3.63) is 6.20 Å². The van der Waals surface area contributed by atoms with Crippen LogP contribution in [0.25, 0.3) is 0 Å². The van der Waals surface area contributed by atoms with E-state index in [0.717, 1.165) is 6.42 Å². The molecule has 0 saturated carbocycles. The van der Waals surface area contributed by atoms with Gasteiger partial charge < -0.3 is 15.6 Å². The number of nitrogens with one attached hydrogen (secondary N) is 1. The number of nitrogens with two attached hydrogens (primary N) is 1. The molecule has 0 atom stereocenters. The highest BCUT2D eigenvalue weighted by molar-refractivity contribution is 7.89. The minimum absolute atomic E-state index is 0.0314. The van der Waals surface area contributed by atoms with Gasteiger partial charge in [-0.05, 0) is 19.3 Å². The molecule has 1 aromatic rings. The lowest BCUT2D eigenvalue weighted by Crippen LogP contribution is -2.54. The van der Waals surface area contributed by atoms with Gasteiger partial charge in [0.2, 0.25) is 10.0 Å². The van der Waals surface area contributed by atoms with Crippen molar-refractivity contribution < 1.29 is 18.3 Å². The van der Waals surface area contributed by atoms with Crippen LogP contribution in [0.2, 0.25) is 0 Å². The van der Waals surface area contributed by atoms with Crippen LogP contribution in [0.15, 0.2) is 11.1 Å². The molecule has 1 aliphatic rings. The second kappa shape index (κ2) is 6.30. The molecule has 1 aliphatic heterocycles. The maximum Gasteiger partial charge on any atom is 0.246 e. The highest BCUT2D eigenvalue weighted by Gasteiger charge is 2.37. The summed E-state index contributed by atoms with van der Waals surface area (Å²) in [7, 11) is -3.83. The number of aliphatic hydroxyl groups excluding tert-OH is 1. The Hall–Kier alpha value is -1.16. The minimum Gasteiger partial charge on any atom is -0.394 e. The van der Waals surface area contributed by atoms with E-state index in [-0.39, 0.29) is 17.3 Å². The zero-order chi connectivity index (χ0) is 15.5. The van der Waals surface area contributed by atoms with Gasteiger partial charge in [0.25, 0.3) is 0 Å². The van der Waals surface area contributed by atoms with Crippen molar-refractivity contribution in [3.63, 3.8) is 0 Å². The van der Waals surface area contributed by atoms with Gasteiger partial charge >= 0.3 is 0 Å². The van der Waals surface area contributed by atoms with Gasteiger partial charge in [-0.25, -0.2) is 13.1 Å². The lowest BCUT2D eigenvalue weighted by molar-refractivity contribution is 0.0223. The molecule has 1 fully saturated rings. The largest absolute Gasteiger partial charge is 0.394 e. The fourth-order valence-electron chi connectivity index (χ4n) is 2.36. The van der Waals surface area contributed by atoms with Gasteiger partial charge in [-0.3, -0.25) is 4.68 Å². The smallest absolute Gasteiger partial charge is 0.246 e. The third kappa shape index (κ3) is 3.54. The Morgan fingerprint density at radius 2 is 2.19 bits per heavy atom. The molecule has 120 valence electrons. The predicted molar refractivity (Wildman–Crippen MR) is 77.1 cm³/mol. The van der Waals surface area contributed by atoms with Crippen molar-refractivity contribution in [1.29, 1.82) is 0 Å². The van der Waals surface area contributed by atoms with Gasteiger partial charge in [0, 0.05) is 26.0 Å². The number of hydrogen-bond acceptors (Lipinski definition) is 6. The second-order valence-corrected chi connectivity index (χ2v) is 6.95. The van der Waals surface area contributed by atoms with Gasteiger partial charge in [-0.2, -0.15) is 5.10 Å². The van der Waals surface area contributed by atoms with Gasteiger partial charge in [0.1, 0.15) is 4.90 Å². The first-order valence-corrected chi connectivity index (χ1v) is 8.46. The summed E-state index contributed by atoms with van der Waals surface area (Å²) in [5.41, 5.74) is 4.82. The molecular weight excluding hydrogens is 296 g/mol. The van der Waals surface area contributed by atoms with E-state index >= 15 is 0 Å². The standard InChI is InChI=1S/C12H22N4O4S/c1-2-5-16-8-10(11(13)14-16)21(18,19)15-12(9-17)3-6-20-7-4-12/h8,15,17H,2-7,9H2,1H3,(H2,13,14). The van der Waals surface area contributed by atoms with Crippen LogP contribution in [-0.4, -0.2) is 48.7 Å². The maximum atomic E-state index is 12.5. The highest BCUT2D eigenvalue weighted by atomic mass is 32.2. The molecule has 1 aromatic heterocycles. The van der Waals surface area contributed by atoms with Gasteiger partial charge in [0.15, 0.2) is 5.82 Å². The molecule has 1 saturated heterocycles. The molecule has 0 amide bonds. The van der Waals surface area contributed by atoms with Crippen molar-refractivity contribution in [2.24, 2.45) is 0 Å². The van der Waals surface area contributed by atoms with E-state index in [9.17, 15) is 13.5 Å². The first-order valence-electron chi connectivity index (χ1n) is 6.98. The van der Waals surface area contributed by atoms with Crippen molar-refractivity contribution in [1.82, 2.24) is 14.5 Å². The quantitative estimate of drug-likeness (QED) is 0.662. The van der Waals surface area contributed by atoms with Crippen LogP contribution < -0.4 is 10.5 Å². The summed E-state index contributed by atoms with van der Waals surface area (Å²) in [6, 6.07) is 0. The molecule has 0 spiro atoms. The van der Waals surface area contributed by atoms with E-state index in [1.807, 2.05) is 6.92 Å². The highest BCUT2D eigenvalue weighted by Crippen LogP contribution is 2.25. The lowest BCUT2D eigenvalue weighted by Gasteiger charge is -2.35. The Morgan fingerprint density at radius 1 is 1.52 bits per heavy atom. The number of nitrogen functional groups attached to an aromatic ring is 1. The fraction of sp³-hybridized carbons (Fsp3) is 0.750. The average Bonchev–Trinajstić information content (AvgIpc) is 2.81. The van der Waals surface area contributed by atoms with Crippen LogP contribution in [0.4, 0.5) is 5.82 Å². The topological polar surface area (TPSA) is 119 Å². The first-order chi connectivity index (χ1) is 9.92. The summed E-state index contributed by atoms with van der Waals surface area (Å²) in [5, 5.41) is 13.6. The molecule has 2 heterocycles. The molecule has 9 heteroatoms. The normalized spacial score (nSPS) is 18.8. The molecule has 8 nitrogen and oxygen atoms in total. The Labute approximate surface area is 124 Å². The van der Waals surface area contributed by atoms with Crippen LogP contribution in [-0.2, 0) is 21.3 Å². The van der Waals surface area contributed by atoms with E-state index in [1.54, 1.807) is 0 Å². The van der Waals surface area contributed by atoms with Gasteiger partial charge in [0.05, 0.1) is 12.1 Å². The predicted octanol–water partition coefficient (Wildman–Crippen LogP) is -0.305. The summed E-state index contributed by atoms with van der Waals surface area (Å²) in [6.07, 6.45) is 3.09. The molecule has 4 N–H and O–H groups in total. The summed E-state index contributed by atoms with van der Waals surface area (Å²) in [4.78, 5) is -0.0460. The molecular formula is C12H22N4O4S.